The zero-order chi connectivity index (χ0) is 12.9. The van der Waals surface area contributed by atoms with Gasteiger partial charge in [-0.2, -0.15) is 0 Å². The number of likely N-dealkylation sites (tertiary alicyclic amines) is 1. The van der Waals surface area contributed by atoms with E-state index in [1.165, 1.54) is 51.6 Å². The molecule has 3 heteroatoms. The van der Waals surface area contributed by atoms with E-state index >= 15 is 0 Å². The summed E-state index contributed by atoms with van der Waals surface area (Å²) in [4.78, 5) is 4.11. The lowest BCUT2D eigenvalue weighted by Gasteiger charge is -2.49. The zero-order valence-electron chi connectivity index (χ0n) is 11.7. The zero-order valence-corrected chi connectivity index (χ0v) is 12.5. The Labute approximate surface area is 119 Å². The van der Waals surface area contributed by atoms with Crippen LogP contribution in [0.4, 0.5) is 0 Å². The molecule has 1 saturated heterocycles. The molecule has 0 aromatic carbocycles. The number of thiophene rings is 1. The third-order valence-corrected chi connectivity index (χ3v) is 6.45. The molecule has 1 aromatic rings. The van der Waals surface area contributed by atoms with Crippen LogP contribution in [0.15, 0.2) is 11.4 Å². The Balaban J connectivity index is 1.73. The second-order valence-electron chi connectivity index (χ2n) is 6.54. The van der Waals surface area contributed by atoms with Crippen molar-refractivity contribution < 1.29 is 4.74 Å². The van der Waals surface area contributed by atoms with E-state index < -0.39 is 0 Å². The average Bonchev–Trinajstić information content (AvgIpc) is 2.93. The molecule has 0 bridgehead atoms. The van der Waals surface area contributed by atoms with Crippen LogP contribution in [0.3, 0.4) is 0 Å². The first kappa shape index (κ1) is 12.4. The molecular formula is C16H23NOS. The number of piperidine rings is 1. The number of hydrogen-bond acceptors (Lipinski definition) is 3. The van der Waals surface area contributed by atoms with Gasteiger partial charge in [-0.05, 0) is 49.7 Å². The van der Waals surface area contributed by atoms with Gasteiger partial charge in [-0.3, -0.25) is 0 Å². The smallest absolute Gasteiger partial charge is 0.0970 e. The molecule has 4 rings (SSSR count). The van der Waals surface area contributed by atoms with Crippen LogP contribution < -0.4 is 0 Å². The first-order valence-corrected chi connectivity index (χ1v) is 8.61. The molecule has 0 radical (unpaired) electrons. The Morgan fingerprint density at radius 2 is 2.05 bits per heavy atom. The molecule has 3 aliphatic rings. The second-order valence-corrected chi connectivity index (χ2v) is 7.49. The van der Waals surface area contributed by atoms with Gasteiger partial charge in [-0.1, -0.05) is 12.8 Å². The molecule has 19 heavy (non-hydrogen) atoms. The second kappa shape index (κ2) is 4.57. The van der Waals surface area contributed by atoms with Gasteiger partial charge in [0.25, 0.3) is 0 Å². The van der Waals surface area contributed by atoms with Crippen LogP contribution in [0, 0.1) is 0 Å². The van der Waals surface area contributed by atoms with Crippen LogP contribution >= 0.6 is 11.3 Å². The maximum atomic E-state index is 6.73. The Morgan fingerprint density at radius 1 is 1.26 bits per heavy atom. The van der Waals surface area contributed by atoms with Gasteiger partial charge >= 0.3 is 0 Å². The number of ether oxygens (including phenoxy) is 1. The number of hydrogen-bond donors (Lipinski definition) is 0. The van der Waals surface area contributed by atoms with Gasteiger partial charge in [0.1, 0.15) is 0 Å². The minimum Gasteiger partial charge on any atom is -0.366 e. The van der Waals surface area contributed by atoms with Crippen LogP contribution in [-0.2, 0) is 10.3 Å². The van der Waals surface area contributed by atoms with Crippen LogP contribution in [0.25, 0.3) is 0 Å². The molecule has 2 fully saturated rings. The van der Waals surface area contributed by atoms with Crippen molar-refractivity contribution in [3.8, 4) is 0 Å². The Hall–Kier alpha value is -0.380. The third kappa shape index (κ3) is 1.90. The molecule has 104 valence electrons. The number of rotatable bonds is 0. The quantitative estimate of drug-likeness (QED) is 0.716. The van der Waals surface area contributed by atoms with Crippen molar-refractivity contribution in [2.24, 2.45) is 0 Å². The fourth-order valence-corrected chi connectivity index (χ4v) is 5.42. The summed E-state index contributed by atoms with van der Waals surface area (Å²) in [5.41, 5.74) is 1.61. The van der Waals surface area contributed by atoms with E-state index in [0.29, 0.717) is 12.0 Å². The summed E-state index contributed by atoms with van der Waals surface area (Å²) in [6, 6.07) is 2.36. The van der Waals surface area contributed by atoms with Gasteiger partial charge in [-0.25, -0.2) is 0 Å². The largest absolute Gasteiger partial charge is 0.366 e. The molecule has 1 aliphatic carbocycles. The molecule has 3 heterocycles. The Kier molecular flexibility index (Phi) is 2.98. The van der Waals surface area contributed by atoms with Crippen LogP contribution in [-0.4, -0.2) is 31.1 Å². The average molecular weight is 277 g/mol. The molecule has 0 amide bonds. The lowest BCUT2D eigenvalue weighted by atomic mass is 9.74. The predicted molar refractivity (Wildman–Crippen MR) is 78.8 cm³/mol. The predicted octanol–water partition coefficient (Wildman–Crippen LogP) is 3.73. The van der Waals surface area contributed by atoms with Gasteiger partial charge < -0.3 is 9.64 Å². The minimum absolute atomic E-state index is 0.0559. The van der Waals surface area contributed by atoms with Crippen molar-refractivity contribution >= 4 is 11.3 Å². The highest BCUT2D eigenvalue weighted by molar-refractivity contribution is 7.10. The van der Waals surface area contributed by atoms with Crippen molar-refractivity contribution in [3.63, 3.8) is 0 Å². The molecule has 0 unspecified atom stereocenters. The van der Waals surface area contributed by atoms with Gasteiger partial charge in [0, 0.05) is 23.9 Å². The van der Waals surface area contributed by atoms with Gasteiger partial charge in [-0.15, -0.1) is 11.3 Å². The summed E-state index contributed by atoms with van der Waals surface area (Å²) in [5, 5.41) is 2.30. The molecule has 1 spiro atoms. The summed E-state index contributed by atoms with van der Waals surface area (Å²) >= 11 is 1.99. The molecule has 2 nitrogen and oxygen atoms in total. The summed E-state index contributed by atoms with van der Waals surface area (Å²) in [6.45, 7) is 2.35. The fraction of sp³-hybridized carbons (Fsp3) is 0.750. The monoisotopic (exact) mass is 277 g/mol. The summed E-state index contributed by atoms with van der Waals surface area (Å²) < 4.78 is 6.73. The van der Waals surface area contributed by atoms with Crippen molar-refractivity contribution in [2.75, 3.05) is 20.1 Å². The van der Waals surface area contributed by atoms with E-state index in [1.807, 2.05) is 11.3 Å². The highest BCUT2D eigenvalue weighted by atomic mass is 32.1. The molecule has 1 saturated carbocycles. The van der Waals surface area contributed by atoms with Crippen LogP contribution in [0.2, 0.25) is 0 Å². The molecule has 1 aromatic heterocycles. The highest BCUT2D eigenvalue weighted by Gasteiger charge is 2.47. The van der Waals surface area contributed by atoms with E-state index in [1.54, 1.807) is 10.4 Å². The maximum Gasteiger partial charge on any atom is 0.0970 e. The lowest BCUT2D eigenvalue weighted by Crippen LogP contribution is -2.49. The van der Waals surface area contributed by atoms with Crippen LogP contribution in [0.5, 0.6) is 0 Å². The summed E-state index contributed by atoms with van der Waals surface area (Å²) in [7, 11) is 2.23. The molecule has 0 N–H and O–H groups in total. The topological polar surface area (TPSA) is 12.5 Å². The summed E-state index contributed by atoms with van der Waals surface area (Å²) in [6.07, 6.45) is 8.22. The Morgan fingerprint density at radius 3 is 2.89 bits per heavy atom. The first-order chi connectivity index (χ1) is 9.28. The van der Waals surface area contributed by atoms with Gasteiger partial charge in [0.05, 0.1) is 11.7 Å². The first-order valence-electron chi connectivity index (χ1n) is 7.73. The van der Waals surface area contributed by atoms with Crippen molar-refractivity contribution in [3.05, 3.63) is 21.9 Å². The van der Waals surface area contributed by atoms with E-state index in [9.17, 15) is 0 Å². The van der Waals surface area contributed by atoms with Crippen molar-refractivity contribution in [1.82, 2.24) is 4.90 Å². The van der Waals surface area contributed by atoms with Gasteiger partial charge in [0.2, 0.25) is 0 Å². The third-order valence-electron chi connectivity index (χ3n) is 5.40. The number of fused-ring (bicyclic) bond motifs is 4. The normalized spacial score (nSPS) is 33.9. The highest BCUT2D eigenvalue weighted by Crippen LogP contribution is 2.52. The van der Waals surface area contributed by atoms with Crippen LogP contribution in [0.1, 0.15) is 54.9 Å². The molecule has 2 atom stereocenters. The van der Waals surface area contributed by atoms with E-state index in [-0.39, 0.29) is 5.60 Å². The van der Waals surface area contributed by atoms with Gasteiger partial charge in [0.15, 0.2) is 0 Å². The molecule has 2 aliphatic heterocycles. The van der Waals surface area contributed by atoms with Crippen molar-refractivity contribution in [2.45, 2.75) is 56.1 Å². The fourth-order valence-electron chi connectivity index (χ4n) is 4.24. The van der Waals surface area contributed by atoms with Crippen molar-refractivity contribution in [1.29, 1.82) is 0 Å². The lowest BCUT2D eigenvalue weighted by molar-refractivity contribution is -0.154. The molecular weight excluding hydrogens is 254 g/mol. The standard InChI is InChI=1S/C16H23NOS/c1-17-9-7-16(8-10-17)13-6-11-19-15(13)12-4-2-3-5-14(12)18-16/h6,11-12,14H,2-5,7-10H2,1H3/t12-,14-/m1/s1. The number of nitrogens with zero attached hydrogens (tertiary/aromatic N) is 1. The summed E-state index contributed by atoms with van der Waals surface area (Å²) in [5.74, 6) is 0.703. The van der Waals surface area contributed by atoms with E-state index in [2.05, 4.69) is 23.4 Å². The maximum absolute atomic E-state index is 6.73. The van der Waals surface area contributed by atoms with E-state index in [4.69, 9.17) is 4.74 Å². The SMILES string of the molecule is CN1CCC2(CC1)O[C@@H]1CCCC[C@H]1c1sccc12. The Bertz CT molecular complexity index is 461. The minimum atomic E-state index is 0.0559. The van der Waals surface area contributed by atoms with E-state index in [0.717, 1.165) is 0 Å².